The number of benzene rings is 6. The van der Waals surface area contributed by atoms with Crippen LogP contribution < -0.4 is 11.3 Å². The predicted octanol–water partition coefficient (Wildman–Crippen LogP) is 9.02. The molecule has 0 N–H and O–H groups in total. The zero-order chi connectivity index (χ0) is 31.0. The van der Waals surface area contributed by atoms with Crippen LogP contribution in [-0.4, -0.2) is 9.97 Å². The summed E-state index contributed by atoms with van der Waals surface area (Å²) in [5.41, 5.74) is 7.54. The predicted molar refractivity (Wildman–Crippen MR) is 181 cm³/mol. The summed E-state index contributed by atoms with van der Waals surface area (Å²) in [5, 5.41) is 0.881. The fourth-order valence-electron chi connectivity index (χ4n) is 5.62. The van der Waals surface area contributed by atoms with Gasteiger partial charge in [0.05, 0.1) is 21.8 Å². The Morgan fingerprint density at radius 2 is 0.674 bits per heavy atom. The van der Waals surface area contributed by atoms with Gasteiger partial charge in [-0.05, 0) is 81.9 Å². The Bertz CT molecular complexity index is 2310. The lowest BCUT2D eigenvalue weighted by atomic mass is 10.0. The van der Waals surface area contributed by atoms with Crippen molar-refractivity contribution in [1.29, 1.82) is 0 Å². The van der Waals surface area contributed by atoms with Crippen molar-refractivity contribution < 1.29 is 8.83 Å². The molecule has 2 heterocycles. The third-order valence-electron chi connectivity index (χ3n) is 8.07. The van der Waals surface area contributed by atoms with Gasteiger partial charge in [0.2, 0.25) is 11.8 Å². The Balaban J connectivity index is 1.04. The summed E-state index contributed by atoms with van der Waals surface area (Å²) in [6.07, 6.45) is 0. The summed E-state index contributed by atoms with van der Waals surface area (Å²) in [7, 11) is 0. The van der Waals surface area contributed by atoms with Gasteiger partial charge in [-0.2, -0.15) is 0 Å². The fraction of sp³-hybridized carbons (Fsp3) is 0. The van der Waals surface area contributed by atoms with Crippen molar-refractivity contribution in [3.63, 3.8) is 0 Å². The van der Waals surface area contributed by atoms with Crippen molar-refractivity contribution in [2.75, 3.05) is 0 Å². The third kappa shape index (κ3) is 5.08. The van der Waals surface area contributed by atoms with E-state index in [2.05, 4.69) is 9.97 Å². The van der Waals surface area contributed by atoms with Crippen LogP contribution in [0.25, 0.3) is 78.1 Å². The quantitative estimate of drug-likeness (QED) is 0.197. The summed E-state index contributed by atoms with van der Waals surface area (Å²) < 4.78 is 11.3. The highest BCUT2D eigenvalue weighted by molar-refractivity contribution is 5.86. The Hall–Kier alpha value is -6.40. The second kappa shape index (κ2) is 11.3. The second-order valence-corrected chi connectivity index (χ2v) is 11.0. The standard InChI is InChI=1S/C40H24N2O4/c43-39-33-23-31(25-7-3-1-4-8-25)19-21-35(33)41-37(45-39)29-15-11-27(12-16-29)28-13-17-30(18-14-28)38-42-36-22-20-32(24-34(36)40(44)46-38)26-9-5-2-6-10-26/h1-24H. The molecule has 0 saturated heterocycles. The molecule has 0 aliphatic rings. The van der Waals surface area contributed by atoms with Gasteiger partial charge in [-0.15, -0.1) is 0 Å². The normalized spacial score (nSPS) is 11.2. The Kier molecular flexibility index (Phi) is 6.65. The third-order valence-corrected chi connectivity index (χ3v) is 8.07. The average Bonchev–Trinajstić information content (AvgIpc) is 3.12. The van der Waals surface area contributed by atoms with Gasteiger partial charge in [0.25, 0.3) is 0 Å². The van der Waals surface area contributed by atoms with E-state index in [1.54, 1.807) is 0 Å². The minimum absolute atomic E-state index is 0.264. The summed E-state index contributed by atoms with van der Waals surface area (Å²) in [6, 6.07) is 46.3. The molecule has 0 amide bonds. The molecule has 8 rings (SSSR count). The number of rotatable bonds is 5. The smallest absolute Gasteiger partial charge is 0.347 e. The Morgan fingerprint density at radius 1 is 0.348 bits per heavy atom. The maximum Gasteiger partial charge on any atom is 0.347 e. The largest absolute Gasteiger partial charge is 0.403 e. The first kappa shape index (κ1) is 27.2. The number of aromatic nitrogens is 2. The molecule has 6 nitrogen and oxygen atoms in total. The van der Waals surface area contributed by atoms with E-state index in [9.17, 15) is 9.59 Å². The Labute approximate surface area is 262 Å². The molecule has 0 fully saturated rings. The molecule has 0 aliphatic heterocycles. The van der Waals surface area contributed by atoms with E-state index in [4.69, 9.17) is 8.83 Å². The van der Waals surface area contributed by atoms with Crippen LogP contribution in [0, 0.1) is 0 Å². The minimum Gasteiger partial charge on any atom is -0.403 e. The van der Waals surface area contributed by atoms with Crippen molar-refractivity contribution in [3.8, 4) is 56.3 Å². The number of fused-ring (bicyclic) bond motifs is 2. The first-order valence-electron chi connectivity index (χ1n) is 14.8. The van der Waals surface area contributed by atoms with Crippen molar-refractivity contribution in [2.45, 2.75) is 0 Å². The molecule has 6 heteroatoms. The average molecular weight is 597 g/mol. The molecule has 0 unspecified atom stereocenters. The molecular formula is C40H24N2O4. The van der Waals surface area contributed by atoms with Crippen LogP contribution in [0.2, 0.25) is 0 Å². The first-order valence-corrected chi connectivity index (χ1v) is 14.8. The lowest BCUT2D eigenvalue weighted by Gasteiger charge is -2.07. The molecule has 0 saturated carbocycles. The number of hydrogen-bond donors (Lipinski definition) is 0. The van der Waals surface area contributed by atoms with Crippen LogP contribution in [0.3, 0.4) is 0 Å². The van der Waals surface area contributed by atoms with Crippen LogP contribution in [0.15, 0.2) is 164 Å². The molecule has 0 aliphatic carbocycles. The van der Waals surface area contributed by atoms with Crippen molar-refractivity contribution in [2.24, 2.45) is 0 Å². The van der Waals surface area contributed by atoms with Crippen LogP contribution >= 0.6 is 0 Å². The van der Waals surface area contributed by atoms with Gasteiger partial charge in [-0.1, -0.05) is 97.1 Å². The van der Waals surface area contributed by atoms with E-state index < -0.39 is 11.3 Å². The van der Waals surface area contributed by atoms with E-state index in [1.165, 1.54) is 0 Å². The molecule has 0 spiro atoms. The lowest BCUT2D eigenvalue weighted by Crippen LogP contribution is -2.03. The second-order valence-electron chi connectivity index (χ2n) is 11.0. The van der Waals surface area contributed by atoms with Gasteiger partial charge in [0, 0.05) is 11.1 Å². The van der Waals surface area contributed by atoms with Crippen LogP contribution in [0.5, 0.6) is 0 Å². The molecule has 2 aromatic heterocycles. The van der Waals surface area contributed by atoms with E-state index in [1.807, 2.05) is 146 Å². The zero-order valence-electron chi connectivity index (χ0n) is 24.4. The maximum atomic E-state index is 12.9. The van der Waals surface area contributed by atoms with Crippen molar-refractivity contribution in [1.82, 2.24) is 9.97 Å². The molecule has 0 radical (unpaired) electrons. The summed E-state index contributed by atoms with van der Waals surface area (Å²) >= 11 is 0. The monoisotopic (exact) mass is 596 g/mol. The first-order chi connectivity index (χ1) is 22.6. The van der Waals surface area contributed by atoms with Crippen LogP contribution in [0.4, 0.5) is 0 Å². The van der Waals surface area contributed by atoms with Gasteiger partial charge >= 0.3 is 11.3 Å². The number of hydrogen-bond acceptors (Lipinski definition) is 6. The molecule has 218 valence electrons. The topological polar surface area (TPSA) is 86.2 Å². The fourth-order valence-corrected chi connectivity index (χ4v) is 5.62. The molecule has 46 heavy (non-hydrogen) atoms. The molecular weight excluding hydrogens is 572 g/mol. The van der Waals surface area contributed by atoms with Gasteiger partial charge < -0.3 is 8.83 Å². The van der Waals surface area contributed by atoms with Gasteiger partial charge in [-0.3, -0.25) is 0 Å². The van der Waals surface area contributed by atoms with Crippen LogP contribution in [0.1, 0.15) is 0 Å². The van der Waals surface area contributed by atoms with Gasteiger partial charge in [-0.25, -0.2) is 19.6 Å². The highest BCUT2D eigenvalue weighted by Gasteiger charge is 2.13. The van der Waals surface area contributed by atoms with Crippen molar-refractivity contribution in [3.05, 3.63) is 166 Å². The van der Waals surface area contributed by atoms with E-state index >= 15 is 0 Å². The molecule has 0 atom stereocenters. The van der Waals surface area contributed by atoms with E-state index in [0.717, 1.165) is 33.4 Å². The SMILES string of the molecule is O=c1oc(-c2ccc(-c3ccc(-c4nc5ccc(-c6ccccc6)cc5c(=O)o4)cc3)cc2)nc2ccc(-c3ccccc3)cc12. The van der Waals surface area contributed by atoms with Crippen LogP contribution in [-0.2, 0) is 0 Å². The summed E-state index contributed by atoms with van der Waals surface area (Å²) in [4.78, 5) is 35.1. The van der Waals surface area contributed by atoms with E-state index in [0.29, 0.717) is 32.9 Å². The minimum atomic E-state index is -0.428. The van der Waals surface area contributed by atoms with Crippen molar-refractivity contribution >= 4 is 21.8 Å². The summed E-state index contributed by atoms with van der Waals surface area (Å²) in [6.45, 7) is 0. The molecule has 8 aromatic rings. The zero-order valence-corrected chi connectivity index (χ0v) is 24.4. The van der Waals surface area contributed by atoms with E-state index in [-0.39, 0.29) is 11.8 Å². The summed E-state index contributed by atoms with van der Waals surface area (Å²) in [5.74, 6) is 0.528. The van der Waals surface area contributed by atoms with Gasteiger partial charge in [0.15, 0.2) is 0 Å². The number of nitrogens with zero attached hydrogens (tertiary/aromatic N) is 2. The highest BCUT2D eigenvalue weighted by Crippen LogP contribution is 2.29. The molecule has 0 bridgehead atoms. The molecule has 6 aromatic carbocycles. The highest BCUT2D eigenvalue weighted by atomic mass is 16.4. The lowest BCUT2D eigenvalue weighted by molar-refractivity contribution is 0.518. The maximum absolute atomic E-state index is 12.9. The Morgan fingerprint density at radius 3 is 1.07 bits per heavy atom. The van der Waals surface area contributed by atoms with Gasteiger partial charge in [0.1, 0.15) is 0 Å².